The number of phenols is 1. The average Bonchev–Trinajstić information content (AvgIpc) is 2.54. The number of nitrogen functional groups attached to an aromatic ring is 1. The van der Waals surface area contributed by atoms with E-state index in [1.54, 1.807) is 12.1 Å². The van der Waals surface area contributed by atoms with Gasteiger partial charge >= 0.3 is 0 Å². The van der Waals surface area contributed by atoms with E-state index in [0.717, 1.165) is 12.8 Å². The van der Waals surface area contributed by atoms with Crippen LogP contribution in [0.25, 0.3) is 11.1 Å². The Kier molecular flexibility index (Phi) is 5.01. The molecule has 4 N–H and O–H groups in total. The summed E-state index contributed by atoms with van der Waals surface area (Å²) in [4.78, 5) is 4.15. The lowest BCUT2D eigenvalue weighted by atomic mass is 9.96. The van der Waals surface area contributed by atoms with Gasteiger partial charge in [-0.2, -0.15) is 10.5 Å². The van der Waals surface area contributed by atoms with Crippen molar-refractivity contribution in [2.45, 2.75) is 19.8 Å². The third-order valence-corrected chi connectivity index (χ3v) is 3.41. The van der Waals surface area contributed by atoms with Crippen molar-refractivity contribution in [2.75, 3.05) is 17.6 Å². The van der Waals surface area contributed by atoms with Gasteiger partial charge in [0.25, 0.3) is 0 Å². The normalized spacial score (nSPS) is 9.87. The number of hydrogen-bond acceptors (Lipinski definition) is 6. The first kappa shape index (κ1) is 16.1. The number of hydrogen-bond donors (Lipinski definition) is 3. The summed E-state index contributed by atoms with van der Waals surface area (Å²) in [7, 11) is 0. The van der Waals surface area contributed by atoms with E-state index in [1.165, 1.54) is 12.1 Å². The summed E-state index contributed by atoms with van der Waals surface area (Å²) in [5, 5.41) is 31.7. The number of pyridine rings is 1. The number of phenolic OH excluding ortho intramolecular Hbond substituents is 1. The summed E-state index contributed by atoms with van der Waals surface area (Å²) < 4.78 is 0. The van der Waals surface area contributed by atoms with Crippen molar-refractivity contribution in [3.63, 3.8) is 0 Å². The lowest BCUT2D eigenvalue weighted by molar-refractivity contribution is 0.475. The molecule has 23 heavy (non-hydrogen) atoms. The highest BCUT2D eigenvalue weighted by molar-refractivity contribution is 5.85. The minimum atomic E-state index is 0.0474. The van der Waals surface area contributed by atoms with Gasteiger partial charge in [0.15, 0.2) is 0 Å². The van der Waals surface area contributed by atoms with E-state index in [1.807, 2.05) is 6.07 Å². The maximum atomic E-state index is 9.69. The van der Waals surface area contributed by atoms with E-state index in [2.05, 4.69) is 23.3 Å². The summed E-state index contributed by atoms with van der Waals surface area (Å²) in [6.45, 7) is 2.72. The lowest BCUT2D eigenvalue weighted by Gasteiger charge is -2.14. The van der Waals surface area contributed by atoms with Crippen molar-refractivity contribution in [3.8, 4) is 29.0 Å². The lowest BCUT2D eigenvalue weighted by Crippen LogP contribution is -2.09. The second-order valence-electron chi connectivity index (χ2n) is 5.02. The molecule has 0 radical (unpaired) electrons. The van der Waals surface area contributed by atoms with Crippen LogP contribution in [0.3, 0.4) is 0 Å². The Hall–Kier alpha value is -3.25. The molecule has 6 nitrogen and oxygen atoms in total. The third-order valence-electron chi connectivity index (χ3n) is 3.41. The molecule has 116 valence electrons. The quantitative estimate of drug-likeness (QED) is 0.731. The zero-order valence-electron chi connectivity index (χ0n) is 12.8. The number of aromatic nitrogens is 1. The minimum absolute atomic E-state index is 0.0474. The van der Waals surface area contributed by atoms with Crippen molar-refractivity contribution in [1.29, 1.82) is 10.5 Å². The molecule has 0 aliphatic heterocycles. The highest BCUT2D eigenvalue weighted by Gasteiger charge is 2.20. The predicted octanol–water partition coefficient (Wildman–Crippen LogP) is 2.99. The molecule has 0 saturated carbocycles. The summed E-state index contributed by atoms with van der Waals surface area (Å²) >= 11 is 0. The first-order chi connectivity index (χ1) is 11.1. The summed E-state index contributed by atoms with van der Waals surface area (Å²) in [6.07, 6.45) is 1.92. The SMILES string of the molecule is CCCCNc1nc(N)c(C#N)c(-c2cccc(O)c2)c1C#N. The van der Waals surface area contributed by atoms with Crippen LogP contribution in [-0.2, 0) is 0 Å². The highest BCUT2D eigenvalue weighted by Crippen LogP contribution is 2.35. The van der Waals surface area contributed by atoms with Gasteiger partial charge in [-0.3, -0.25) is 0 Å². The number of unbranched alkanes of at least 4 members (excludes halogenated alkanes) is 1. The molecule has 0 bridgehead atoms. The fraction of sp³-hybridized carbons (Fsp3) is 0.235. The first-order valence-corrected chi connectivity index (χ1v) is 7.29. The molecule has 1 aromatic heterocycles. The van der Waals surface area contributed by atoms with Crippen molar-refractivity contribution < 1.29 is 5.11 Å². The van der Waals surface area contributed by atoms with Crippen LogP contribution in [0, 0.1) is 22.7 Å². The molecular weight excluding hydrogens is 290 g/mol. The molecule has 1 aromatic carbocycles. The number of aromatic hydroxyl groups is 1. The second-order valence-corrected chi connectivity index (χ2v) is 5.02. The van der Waals surface area contributed by atoms with Gasteiger partial charge in [-0.05, 0) is 24.1 Å². The van der Waals surface area contributed by atoms with Gasteiger partial charge < -0.3 is 16.2 Å². The van der Waals surface area contributed by atoms with Crippen LogP contribution in [0.5, 0.6) is 5.75 Å². The summed E-state index contributed by atoms with van der Waals surface area (Å²) in [5.41, 5.74) is 7.20. The van der Waals surface area contributed by atoms with Crippen LogP contribution in [0.2, 0.25) is 0 Å². The Balaban J connectivity index is 2.67. The number of anilines is 2. The Labute approximate surface area is 134 Å². The van der Waals surface area contributed by atoms with Gasteiger partial charge in [-0.25, -0.2) is 4.98 Å². The molecule has 0 fully saturated rings. The molecule has 2 rings (SSSR count). The minimum Gasteiger partial charge on any atom is -0.508 e. The van der Waals surface area contributed by atoms with Gasteiger partial charge in [0.05, 0.1) is 0 Å². The maximum Gasteiger partial charge on any atom is 0.147 e. The van der Waals surface area contributed by atoms with Crippen molar-refractivity contribution >= 4 is 11.6 Å². The van der Waals surface area contributed by atoms with Gasteiger partial charge in [-0.15, -0.1) is 0 Å². The van der Waals surface area contributed by atoms with Crippen molar-refractivity contribution in [3.05, 3.63) is 35.4 Å². The van der Waals surface area contributed by atoms with Gasteiger partial charge in [0, 0.05) is 12.1 Å². The first-order valence-electron chi connectivity index (χ1n) is 7.29. The maximum absolute atomic E-state index is 9.69. The molecule has 0 spiro atoms. The summed E-state index contributed by atoms with van der Waals surface area (Å²) in [5.74, 6) is 0.464. The van der Waals surface area contributed by atoms with Gasteiger partial charge in [0.2, 0.25) is 0 Å². The van der Waals surface area contributed by atoms with E-state index < -0.39 is 0 Å². The van der Waals surface area contributed by atoms with Crippen molar-refractivity contribution in [1.82, 2.24) is 4.98 Å². The smallest absolute Gasteiger partial charge is 0.147 e. The molecule has 6 heteroatoms. The number of nitrogens with one attached hydrogen (secondary N) is 1. The molecule has 1 heterocycles. The van der Waals surface area contributed by atoms with Crippen LogP contribution >= 0.6 is 0 Å². The summed E-state index contributed by atoms with van der Waals surface area (Å²) in [6, 6.07) is 10.5. The molecule has 0 saturated heterocycles. The predicted molar refractivity (Wildman–Crippen MR) is 88.6 cm³/mol. The van der Waals surface area contributed by atoms with E-state index in [9.17, 15) is 15.6 Å². The fourth-order valence-corrected chi connectivity index (χ4v) is 2.29. The number of nitriles is 2. The number of rotatable bonds is 5. The molecule has 0 unspecified atom stereocenters. The van der Waals surface area contributed by atoms with Crippen LogP contribution < -0.4 is 11.1 Å². The number of nitrogens with two attached hydrogens (primary N) is 1. The van der Waals surface area contributed by atoms with E-state index in [-0.39, 0.29) is 22.7 Å². The Morgan fingerprint density at radius 3 is 2.61 bits per heavy atom. The zero-order chi connectivity index (χ0) is 16.8. The fourth-order valence-electron chi connectivity index (χ4n) is 2.29. The molecule has 2 aromatic rings. The van der Waals surface area contributed by atoms with Crippen LogP contribution in [0.1, 0.15) is 30.9 Å². The molecule has 0 aliphatic rings. The van der Waals surface area contributed by atoms with Gasteiger partial charge in [-0.1, -0.05) is 25.5 Å². The zero-order valence-corrected chi connectivity index (χ0v) is 12.8. The van der Waals surface area contributed by atoms with Crippen LogP contribution in [0.15, 0.2) is 24.3 Å². The van der Waals surface area contributed by atoms with E-state index >= 15 is 0 Å². The van der Waals surface area contributed by atoms with E-state index in [0.29, 0.717) is 23.5 Å². The van der Waals surface area contributed by atoms with Crippen molar-refractivity contribution in [2.24, 2.45) is 0 Å². The van der Waals surface area contributed by atoms with Crippen LogP contribution in [-0.4, -0.2) is 16.6 Å². The van der Waals surface area contributed by atoms with Gasteiger partial charge in [0.1, 0.15) is 40.7 Å². The average molecular weight is 307 g/mol. The highest BCUT2D eigenvalue weighted by atomic mass is 16.3. The molecule has 0 aliphatic carbocycles. The number of nitrogens with zero attached hydrogens (tertiary/aromatic N) is 3. The Morgan fingerprint density at radius 2 is 2.00 bits per heavy atom. The molecule has 0 amide bonds. The monoisotopic (exact) mass is 307 g/mol. The second kappa shape index (κ2) is 7.15. The molecular formula is C17H17N5O. The van der Waals surface area contributed by atoms with Crippen LogP contribution in [0.4, 0.5) is 11.6 Å². The largest absolute Gasteiger partial charge is 0.508 e. The topological polar surface area (TPSA) is 119 Å². The van der Waals surface area contributed by atoms with E-state index in [4.69, 9.17) is 5.73 Å². The number of benzene rings is 1. The molecule has 0 atom stereocenters. The Morgan fingerprint density at radius 1 is 1.26 bits per heavy atom. The Bertz CT molecular complexity index is 802. The third kappa shape index (κ3) is 3.33. The standard InChI is InChI=1S/C17H17N5O/c1-2-3-7-21-17-14(10-19)15(13(9-18)16(20)22-17)11-5-4-6-12(23)8-11/h4-6,8,23H,2-3,7H2,1H3,(H3,20,21,22).